The van der Waals surface area contributed by atoms with E-state index in [0.717, 1.165) is 25.1 Å². The first-order valence-electron chi connectivity index (χ1n) is 9.45. The van der Waals surface area contributed by atoms with Gasteiger partial charge in [-0.1, -0.05) is 6.07 Å². The van der Waals surface area contributed by atoms with Crippen LogP contribution in [0.1, 0.15) is 27.3 Å². The first kappa shape index (κ1) is 21.9. The summed E-state index contributed by atoms with van der Waals surface area (Å²) < 4.78 is 33.5. The van der Waals surface area contributed by atoms with Crippen molar-refractivity contribution in [3.8, 4) is 11.5 Å². The van der Waals surface area contributed by atoms with Crippen molar-refractivity contribution >= 4 is 23.4 Å². The number of nitrogens with two attached hydrogens (primary N) is 1. The Morgan fingerprint density at radius 1 is 1.06 bits per heavy atom. The van der Waals surface area contributed by atoms with E-state index in [1.165, 1.54) is 6.07 Å². The molecule has 0 saturated heterocycles. The van der Waals surface area contributed by atoms with E-state index in [-0.39, 0.29) is 17.5 Å². The number of nitrogens with zero attached hydrogens (tertiary/aromatic N) is 1. The fourth-order valence-electron chi connectivity index (χ4n) is 2.79. The van der Waals surface area contributed by atoms with E-state index >= 15 is 0 Å². The van der Waals surface area contributed by atoms with Gasteiger partial charge in [0.05, 0.1) is 0 Å². The van der Waals surface area contributed by atoms with Gasteiger partial charge in [-0.15, -0.1) is 0 Å². The standard InChI is InChI=1S/C21H21F2N5O3/c1-25-10-3-11-26-19(30)12-6-8-13(9-7-12)27-21-17(18(24)29)28-20(31-21)16-14(22)4-2-5-15(16)23/h2,4-9,25,27H,3,10-11H2,1H3,(H2,24,29)(H,26,30). The Hall–Kier alpha value is -3.79. The van der Waals surface area contributed by atoms with E-state index in [1.807, 2.05) is 7.05 Å². The van der Waals surface area contributed by atoms with Crippen LogP contribution in [0.3, 0.4) is 0 Å². The number of nitrogens with one attached hydrogen (secondary N) is 3. The lowest BCUT2D eigenvalue weighted by molar-refractivity contribution is 0.0952. The van der Waals surface area contributed by atoms with E-state index in [4.69, 9.17) is 10.2 Å². The largest absolute Gasteiger partial charge is 0.419 e. The predicted octanol–water partition coefficient (Wildman–Crippen LogP) is 2.80. The number of carbonyl (C=O) groups is 2. The van der Waals surface area contributed by atoms with Gasteiger partial charge in [0.15, 0.2) is 5.69 Å². The molecule has 0 spiro atoms. The lowest BCUT2D eigenvalue weighted by Crippen LogP contribution is -2.26. The van der Waals surface area contributed by atoms with Crippen LogP contribution in [-0.4, -0.2) is 36.9 Å². The van der Waals surface area contributed by atoms with Crippen molar-refractivity contribution in [2.75, 3.05) is 25.5 Å². The smallest absolute Gasteiger partial charge is 0.273 e. The minimum Gasteiger partial charge on any atom is -0.419 e. The SMILES string of the molecule is CNCCCNC(=O)c1ccc(Nc2oc(-c3c(F)cccc3F)nc2C(N)=O)cc1. The Morgan fingerprint density at radius 2 is 1.74 bits per heavy atom. The van der Waals surface area contributed by atoms with Crippen molar-refractivity contribution in [3.63, 3.8) is 0 Å². The van der Waals surface area contributed by atoms with Gasteiger partial charge in [0.25, 0.3) is 11.8 Å². The average Bonchev–Trinajstić information content (AvgIpc) is 3.15. The highest BCUT2D eigenvalue weighted by Gasteiger charge is 2.23. The van der Waals surface area contributed by atoms with Gasteiger partial charge in [-0.05, 0) is 56.4 Å². The molecule has 0 saturated carbocycles. The van der Waals surface area contributed by atoms with Crippen LogP contribution in [0, 0.1) is 11.6 Å². The number of carbonyl (C=O) groups excluding carboxylic acids is 2. The minimum absolute atomic E-state index is 0.172. The maximum absolute atomic E-state index is 14.0. The second kappa shape index (κ2) is 9.81. The first-order valence-corrected chi connectivity index (χ1v) is 9.45. The molecule has 8 nitrogen and oxygen atoms in total. The van der Waals surface area contributed by atoms with E-state index < -0.39 is 29.0 Å². The third-order valence-electron chi connectivity index (χ3n) is 4.33. The Labute approximate surface area is 176 Å². The van der Waals surface area contributed by atoms with Crippen molar-refractivity contribution in [2.24, 2.45) is 5.73 Å². The third-order valence-corrected chi connectivity index (χ3v) is 4.33. The van der Waals surface area contributed by atoms with Gasteiger partial charge >= 0.3 is 0 Å². The van der Waals surface area contributed by atoms with E-state index in [1.54, 1.807) is 24.3 Å². The molecule has 162 valence electrons. The minimum atomic E-state index is -0.938. The van der Waals surface area contributed by atoms with Gasteiger partial charge in [-0.25, -0.2) is 13.8 Å². The molecule has 0 bridgehead atoms. The number of oxazole rings is 1. The van der Waals surface area contributed by atoms with E-state index in [9.17, 15) is 18.4 Å². The molecule has 1 aromatic heterocycles. The van der Waals surface area contributed by atoms with Crippen LogP contribution in [0.2, 0.25) is 0 Å². The number of halogens is 2. The Balaban J connectivity index is 1.79. The molecule has 0 aliphatic carbocycles. The zero-order chi connectivity index (χ0) is 22.4. The number of benzene rings is 2. The molecule has 31 heavy (non-hydrogen) atoms. The second-order valence-corrected chi connectivity index (χ2v) is 6.57. The summed E-state index contributed by atoms with van der Waals surface area (Å²) in [6, 6.07) is 9.60. The Kier molecular flexibility index (Phi) is 6.93. The first-order chi connectivity index (χ1) is 14.9. The number of hydrogen-bond acceptors (Lipinski definition) is 6. The summed E-state index contributed by atoms with van der Waals surface area (Å²) in [5, 5.41) is 8.59. The van der Waals surface area contributed by atoms with Crippen LogP contribution in [0.15, 0.2) is 46.9 Å². The fourth-order valence-corrected chi connectivity index (χ4v) is 2.79. The molecular formula is C21H21F2N5O3. The highest BCUT2D eigenvalue weighted by atomic mass is 19.1. The lowest BCUT2D eigenvalue weighted by Gasteiger charge is -2.07. The normalized spacial score (nSPS) is 10.7. The molecule has 5 N–H and O–H groups in total. The molecule has 10 heteroatoms. The molecule has 0 atom stereocenters. The third kappa shape index (κ3) is 5.23. The number of rotatable bonds is 9. The molecule has 0 unspecified atom stereocenters. The number of aromatic nitrogens is 1. The van der Waals surface area contributed by atoms with Gasteiger partial charge in [-0.2, -0.15) is 0 Å². The maximum atomic E-state index is 14.0. The summed E-state index contributed by atoms with van der Waals surface area (Å²) in [5.41, 5.74) is 5.39. The molecular weight excluding hydrogens is 408 g/mol. The highest BCUT2D eigenvalue weighted by molar-refractivity contribution is 5.97. The lowest BCUT2D eigenvalue weighted by atomic mass is 10.2. The molecule has 3 rings (SSSR count). The summed E-state index contributed by atoms with van der Waals surface area (Å²) in [6.07, 6.45) is 0.800. The van der Waals surface area contributed by atoms with Crippen LogP contribution in [0.25, 0.3) is 11.5 Å². The Morgan fingerprint density at radius 3 is 2.35 bits per heavy atom. The number of primary amides is 1. The molecule has 2 amide bonds. The van der Waals surface area contributed by atoms with Crippen molar-refractivity contribution in [1.82, 2.24) is 15.6 Å². The topological polar surface area (TPSA) is 122 Å². The number of amides is 2. The quantitative estimate of drug-likeness (QED) is 0.388. The van der Waals surface area contributed by atoms with E-state index in [2.05, 4.69) is 20.9 Å². The van der Waals surface area contributed by atoms with Crippen LogP contribution in [0.4, 0.5) is 20.4 Å². The van der Waals surface area contributed by atoms with Crippen molar-refractivity contribution in [1.29, 1.82) is 0 Å². The van der Waals surface area contributed by atoms with Gasteiger partial charge in [0.2, 0.25) is 11.8 Å². The molecule has 0 aliphatic rings. The van der Waals surface area contributed by atoms with Crippen LogP contribution >= 0.6 is 0 Å². The highest BCUT2D eigenvalue weighted by Crippen LogP contribution is 2.31. The molecule has 1 heterocycles. The zero-order valence-corrected chi connectivity index (χ0v) is 16.7. The summed E-state index contributed by atoms with van der Waals surface area (Å²) in [6.45, 7) is 1.33. The monoisotopic (exact) mass is 429 g/mol. The van der Waals surface area contributed by atoms with Crippen LogP contribution in [0.5, 0.6) is 0 Å². The Bertz CT molecular complexity index is 1060. The maximum Gasteiger partial charge on any atom is 0.273 e. The average molecular weight is 429 g/mol. The van der Waals surface area contributed by atoms with Gasteiger partial charge in [0, 0.05) is 17.8 Å². The molecule has 3 aromatic rings. The van der Waals surface area contributed by atoms with Crippen molar-refractivity contribution in [2.45, 2.75) is 6.42 Å². The van der Waals surface area contributed by atoms with Crippen LogP contribution in [-0.2, 0) is 0 Å². The van der Waals surface area contributed by atoms with Gasteiger partial charge < -0.3 is 26.1 Å². The van der Waals surface area contributed by atoms with E-state index in [0.29, 0.717) is 17.8 Å². The molecule has 0 aliphatic heterocycles. The summed E-state index contributed by atoms with van der Waals surface area (Å²) in [4.78, 5) is 27.7. The summed E-state index contributed by atoms with van der Waals surface area (Å²) in [5.74, 6) is -3.55. The van der Waals surface area contributed by atoms with Gasteiger partial charge in [0.1, 0.15) is 17.2 Å². The fraction of sp³-hybridized carbons (Fsp3) is 0.190. The van der Waals surface area contributed by atoms with Gasteiger partial charge in [-0.3, -0.25) is 9.59 Å². The number of hydrogen-bond donors (Lipinski definition) is 4. The molecule has 0 radical (unpaired) electrons. The molecule has 0 fully saturated rings. The van der Waals surface area contributed by atoms with Crippen molar-refractivity contribution < 1.29 is 22.8 Å². The predicted molar refractivity (Wildman–Crippen MR) is 111 cm³/mol. The van der Waals surface area contributed by atoms with Crippen LogP contribution < -0.4 is 21.7 Å². The number of anilines is 2. The zero-order valence-electron chi connectivity index (χ0n) is 16.7. The summed E-state index contributed by atoms with van der Waals surface area (Å²) >= 11 is 0. The summed E-state index contributed by atoms with van der Waals surface area (Å²) in [7, 11) is 1.83. The second-order valence-electron chi connectivity index (χ2n) is 6.57. The molecule has 2 aromatic carbocycles. The van der Waals surface area contributed by atoms with Crippen molar-refractivity contribution in [3.05, 3.63) is 65.4 Å².